The van der Waals surface area contributed by atoms with E-state index in [1.54, 1.807) is 18.2 Å². The van der Waals surface area contributed by atoms with Crippen LogP contribution in [0.5, 0.6) is 0 Å². The summed E-state index contributed by atoms with van der Waals surface area (Å²) in [6.07, 6.45) is 2.38. The fourth-order valence-electron chi connectivity index (χ4n) is 3.74. The van der Waals surface area contributed by atoms with E-state index in [2.05, 4.69) is 57.7 Å². The van der Waals surface area contributed by atoms with Crippen LogP contribution in [0.3, 0.4) is 0 Å². The molecular weight excluding hydrogens is 320 g/mol. The molecule has 2 nitrogen and oxygen atoms in total. The van der Waals surface area contributed by atoms with Gasteiger partial charge in [-0.05, 0) is 77.6 Å². The molecule has 2 heteroatoms. The summed E-state index contributed by atoms with van der Waals surface area (Å²) in [4.78, 5) is 11.1. The highest BCUT2D eigenvalue weighted by molar-refractivity contribution is 5.88. The molecule has 1 aliphatic rings. The largest absolute Gasteiger partial charge is 0.478 e. The summed E-state index contributed by atoms with van der Waals surface area (Å²) in [6.45, 7) is 11.2. The maximum absolute atomic E-state index is 11.1. The Morgan fingerprint density at radius 3 is 2.19 bits per heavy atom. The zero-order valence-electron chi connectivity index (χ0n) is 16.2. The summed E-state index contributed by atoms with van der Waals surface area (Å²) in [5, 5.41) is 9.08. The molecule has 0 amide bonds. The second-order valence-corrected chi connectivity index (χ2v) is 8.61. The third-order valence-corrected chi connectivity index (χ3v) is 5.67. The van der Waals surface area contributed by atoms with Gasteiger partial charge in [0.05, 0.1) is 5.56 Å². The van der Waals surface area contributed by atoms with Crippen molar-refractivity contribution in [1.82, 2.24) is 0 Å². The first-order chi connectivity index (χ1) is 12.1. The van der Waals surface area contributed by atoms with Gasteiger partial charge >= 0.3 is 5.97 Å². The molecule has 0 aromatic heterocycles. The SMILES string of the molecule is Cc1cc(C(=O)O)ccc1C#Cc1ccc2c(c1)C(C)(C)CCC2(C)C. The molecule has 0 spiro atoms. The summed E-state index contributed by atoms with van der Waals surface area (Å²) < 4.78 is 0. The van der Waals surface area contributed by atoms with Crippen molar-refractivity contribution in [1.29, 1.82) is 0 Å². The van der Waals surface area contributed by atoms with E-state index in [9.17, 15) is 4.79 Å². The van der Waals surface area contributed by atoms with Gasteiger partial charge in [0.2, 0.25) is 0 Å². The summed E-state index contributed by atoms with van der Waals surface area (Å²) in [6, 6.07) is 11.7. The molecule has 0 unspecified atom stereocenters. The summed E-state index contributed by atoms with van der Waals surface area (Å²) in [7, 11) is 0. The van der Waals surface area contributed by atoms with Gasteiger partial charge in [0.1, 0.15) is 0 Å². The molecule has 0 bridgehead atoms. The van der Waals surface area contributed by atoms with Crippen LogP contribution < -0.4 is 0 Å². The highest BCUT2D eigenvalue weighted by atomic mass is 16.4. The van der Waals surface area contributed by atoms with Crippen molar-refractivity contribution in [2.45, 2.75) is 58.3 Å². The van der Waals surface area contributed by atoms with Crippen LogP contribution in [-0.4, -0.2) is 11.1 Å². The number of hydrogen-bond donors (Lipinski definition) is 1. The van der Waals surface area contributed by atoms with E-state index in [-0.39, 0.29) is 10.8 Å². The Balaban J connectivity index is 1.99. The summed E-state index contributed by atoms with van der Waals surface area (Å²) in [5.74, 6) is 5.57. The standard InChI is InChI=1S/C24H26O2/c1-16-14-19(22(25)26)10-9-18(16)8-6-17-7-11-20-21(15-17)24(4,5)13-12-23(20,2)3/h7,9-11,14-15H,12-13H2,1-5H3,(H,25,26). The molecule has 2 aromatic rings. The average molecular weight is 346 g/mol. The second-order valence-electron chi connectivity index (χ2n) is 8.61. The van der Waals surface area contributed by atoms with E-state index >= 15 is 0 Å². The lowest BCUT2D eigenvalue weighted by molar-refractivity contribution is 0.0697. The molecule has 0 saturated heterocycles. The van der Waals surface area contributed by atoms with Crippen molar-refractivity contribution in [3.63, 3.8) is 0 Å². The van der Waals surface area contributed by atoms with Crippen LogP contribution >= 0.6 is 0 Å². The normalized spacial score (nSPS) is 17.0. The van der Waals surface area contributed by atoms with Crippen LogP contribution in [0.25, 0.3) is 0 Å². The Morgan fingerprint density at radius 1 is 0.923 bits per heavy atom. The molecule has 26 heavy (non-hydrogen) atoms. The number of carboxylic acid groups (broad SMARTS) is 1. The van der Waals surface area contributed by atoms with Crippen LogP contribution in [0.1, 0.15) is 78.7 Å². The quantitative estimate of drug-likeness (QED) is 0.698. The number of aromatic carboxylic acids is 1. The van der Waals surface area contributed by atoms with Gasteiger partial charge in [-0.1, -0.05) is 45.6 Å². The van der Waals surface area contributed by atoms with Crippen molar-refractivity contribution in [3.05, 3.63) is 69.8 Å². The average Bonchev–Trinajstić information content (AvgIpc) is 2.58. The molecule has 3 rings (SSSR count). The zero-order chi connectivity index (χ0) is 19.1. The fourth-order valence-corrected chi connectivity index (χ4v) is 3.74. The zero-order valence-corrected chi connectivity index (χ0v) is 16.2. The van der Waals surface area contributed by atoms with E-state index in [0.29, 0.717) is 5.56 Å². The van der Waals surface area contributed by atoms with E-state index < -0.39 is 5.97 Å². The van der Waals surface area contributed by atoms with Crippen molar-refractivity contribution < 1.29 is 9.90 Å². The van der Waals surface area contributed by atoms with Crippen LogP contribution in [0, 0.1) is 18.8 Å². The molecular formula is C24H26O2. The Morgan fingerprint density at radius 2 is 1.58 bits per heavy atom. The second kappa shape index (κ2) is 6.32. The molecule has 134 valence electrons. The first-order valence-electron chi connectivity index (χ1n) is 9.11. The lowest BCUT2D eigenvalue weighted by atomic mass is 9.63. The van der Waals surface area contributed by atoms with Gasteiger partial charge in [-0.2, -0.15) is 0 Å². The van der Waals surface area contributed by atoms with Crippen LogP contribution in [-0.2, 0) is 10.8 Å². The number of rotatable bonds is 1. The monoisotopic (exact) mass is 346 g/mol. The van der Waals surface area contributed by atoms with Gasteiger partial charge in [0.25, 0.3) is 0 Å². The molecule has 0 heterocycles. The fraction of sp³-hybridized carbons (Fsp3) is 0.375. The van der Waals surface area contributed by atoms with Gasteiger partial charge in [0.15, 0.2) is 0 Å². The first-order valence-corrected chi connectivity index (χ1v) is 9.11. The van der Waals surface area contributed by atoms with Crippen LogP contribution in [0.15, 0.2) is 36.4 Å². The Bertz CT molecular complexity index is 936. The Kier molecular flexibility index (Phi) is 4.44. The number of aryl methyl sites for hydroxylation is 1. The van der Waals surface area contributed by atoms with Gasteiger partial charge in [-0.15, -0.1) is 0 Å². The lowest BCUT2D eigenvalue weighted by Gasteiger charge is -2.41. The third-order valence-electron chi connectivity index (χ3n) is 5.67. The van der Waals surface area contributed by atoms with E-state index in [4.69, 9.17) is 5.11 Å². The number of fused-ring (bicyclic) bond motifs is 1. The predicted octanol–water partition coefficient (Wildman–Crippen LogP) is 5.44. The van der Waals surface area contributed by atoms with Crippen molar-refractivity contribution >= 4 is 5.97 Å². The highest BCUT2D eigenvalue weighted by Gasteiger charge is 2.36. The molecule has 0 saturated carbocycles. The topological polar surface area (TPSA) is 37.3 Å². The molecule has 0 aliphatic heterocycles. The number of hydrogen-bond acceptors (Lipinski definition) is 1. The Hall–Kier alpha value is -2.53. The number of carboxylic acids is 1. The maximum atomic E-state index is 11.1. The van der Waals surface area contributed by atoms with Crippen molar-refractivity contribution in [2.75, 3.05) is 0 Å². The van der Waals surface area contributed by atoms with E-state index in [0.717, 1.165) is 16.7 Å². The van der Waals surface area contributed by atoms with Gasteiger partial charge < -0.3 is 5.11 Å². The molecule has 2 aromatic carbocycles. The minimum atomic E-state index is -0.910. The predicted molar refractivity (Wildman–Crippen MR) is 106 cm³/mol. The third kappa shape index (κ3) is 3.40. The summed E-state index contributed by atoms with van der Waals surface area (Å²) in [5.41, 5.74) is 6.27. The first kappa shape index (κ1) is 18.3. The minimum Gasteiger partial charge on any atom is -0.478 e. The van der Waals surface area contributed by atoms with Crippen LogP contribution in [0.2, 0.25) is 0 Å². The molecule has 0 radical (unpaired) electrons. The highest BCUT2D eigenvalue weighted by Crippen LogP contribution is 2.45. The van der Waals surface area contributed by atoms with E-state index in [1.807, 2.05) is 6.92 Å². The minimum absolute atomic E-state index is 0.168. The molecule has 0 atom stereocenters. The van der Waals surface area contributed by atoms with E-state index in [1.165, 1.54) is 24.0 Å². The lowest BCUT2D eigenvalue weighted by Crippen LogP contribution is -2.33. The number of benzene rings is 2. The van der Waals surface area contributed by atoms with Crippen LogP contribution in [0.4, 0.5) is 0 Å². The molecule has 0 fully saturated rings. The Labute approximate surface area is 156 Å². The number of carbonyl (C=O) groups is 1. The van der Waals surface area contributed by atoms with Gasteiger partial charge in [0, 0.05) is 11.1 Å². The summed E-state index contributed by atoms with van der Waals surface area (Å²) >= 11 is 0. The van der Waals surface area contributed by atoms with Gasteiger partial charge in [-0.25, -0.2) is 4.79 Å². The molecule has 1 N–H and O–H groups in total. The maximum Gasteiger partial charge on any atom is 0.335 e. The van der Waals surface area contributed by atoms with Crippen molar-refractivity contribution in [2.24, 2.45) is 0 Å². The van der Waals surface area contributed by atoms with Gasteiger partial charge in [-0.3, -0.25) is 0 Å². The molecule has 1 aliphatic carbocycles. The smallest absolute Gasteiger partial charge is 0.335 e. The van der Waals surface area contributed by atoms with Crippen molar-refractivity contribution in [3.8, 4) is 11.8 Å².